The highest BCUT2D eigenvalue weighted by Gasteiger charge is 2.23. The van der Waals surface area contributed by atoms with Crippen LogP contribution in [0, 0.1) is 0 Å². The van der Waals surface area contributed by atoms with Crippen LogP contribution in [0.5, 0.6) is 0 Å². The maximum absolute atomic E-state index is 9.68. The predicted molar refractivity (Wildman–Crippen MR) is 546 cm³/mol. The highest BCUT2D eigenvalue weighted by atomic mass is 32.1. The van der Waals surface area contributed by atoms with Crippen LogP contribution in [-0.4, -0.2) is 19.3 Å². The second kappa shape index (κ2) is 33.8. The first kappa shape index (κ1) is 78.3. The Morgan fingerprint density at radius 1 is 0.215 bits per heavy atom. The first-order chi connectivity index (χ1) is 64.3. The van der Waals surface area contributed by atoms with E-state index in [4.69, 9.17) is 4.42 Å². The average Bonchev–Trinajstić information content (AvgIpc) is 1.59. The third-order valence-corrected chi connectivity index (χ3v) is 26.8. The van der Waals surface area contributed by atoms with E-state index in [1.807, 2.05) is 47.7 Å². The van der Waals surface area contributed by atoms with Crippen molar-refractivity contribution in [1.82, 2.24) is 9.13 Å². The van der Waals surface area contributed by atoms with E-state index >= 15 is 0 Å². The van der Waals surface area contributed by atoms with Crippen molar-refractivity contribution in [2.75, 3.05) is 9.80 Å². The molecule has 0 radical (unpaired) electrons. The molecule has 20 aromatic carbocycles. The van der Waals surface area contributed by atoms with Gasteiger partial charge in [-0.3, -0.25) is 0 Å². The largest absolute Gasteiger partial charge is 0.455 e. The molecule has 130 heavy (non-hydrogen) atoms. The molecular formula is C122H84N4O3S. The Balaban J connectivity index is 0.000000148. The topological polar surface area (TPSA) is 69.9 Å². The Bertz CT molecular complexity index is 7820. The summed E-state index contributed by atoms with van der Waals surface area (Å²) in [6.07, 6.45) is 0. The van der Waals surface area contributed by atoms with Gasteiger partial charge in [0.25, 0.3) is 0 Å². The van der Waals surface area contributed by atoms with Gasteiger partial charge in [-0.25, -0.2) is 0 Å². The molecule has 0 fully saturated rings. The van der Waals surface area contributed by atoms with E-state index in [2.05, 4.69) is 456 Å². The summed E-state index contributed by atoms with van der Waals surface area (Å²) in [5, 5.41) is 29.0. The number of rotatable bonds is 18. The Labute approximate surface area is 757 Å². The van der Waals surface area contributed by atoms with Crippen molar-refractivity contribution in [2.24, 2.45) is 0 Å². The number of aliphatic hydroxyl groups excluding tert-OH is 2. The van der Waals surface area contributed by atoms with Crippen molar-refractivity contribution in [1.29, 1.82) is 0 Å². The molecule has 2 N–H and O–H groups in total. The van der Waals surface area contributed by atoms with E-state index in [-0.39, 0.29) is 13.2 Å². The van der Waals surface area contributed by atoms with Crippen LogP contribution < -0.4 is 9.80 Å². The van der Waals surface area contributed by atoms with Crippen LogP contribution >= 0.6 is 11.3 Å². The molecule has 7 nitrogen and oxygen atoms in total. The minimum Gasteiger partial charge on any atom is -0.455 e. The van der Waals surface area contributed by atoms with Gasteiger partial charge in [0.05, 0.1) is 35.3 Å². The van der Waals surface area contributed by atoms with Crippen molar-refractivity contribution < 1.29 is 14.6 Å². The number of furan rings is 1. The van der Waals surface area contributed by atoms with Gasteiger partial charge in [0, 0.05) is 104 Å². The molecule has 24 aromatic rings. The van der Waals surface area contributed by atoms with Gasteiger partial charge in [0.15, 0.2) is 0 Å². The number of anilines is 6. The first-order valence-electron chi connectivity index (χ1n) is 44.1. The second-order valence-electron chi connectivity index (χ2n) is 33.2. The van der Waals surface area contributed by atoms with E-state index in [1.165, 1.54) is 91.8 Å². The first-order valence-corrected chi connectivity index (χ1v) is 45.0. The fraction of sp³-hybridized carbons (Fsp3) is 0.0164. The quantitative estimate of drug-likeness (QED) is 0.0896. The molecule has 0 saturated heterocycles. The summed E-state index contributed by atoms with van der Waals surface area (Å²) in [7, 11) is 0. The number of benzene rings is 20. The molecular weight excluding hydrogens is 1600 g/mol. The molecule has 0 aliphatic rings. The second-order valence-corrected chi connectivity index (χ2v) is 34.3. The molecule has 0 saturated carbocycles. The smallest absolute Gasteiger partial charge is 0.143 e. The Hall–Kier alpha value is -16.5. The predicted octanol–water partition coefficient (Wildman–Crippen LogP) is 33.1. The van der Waals surface area contributed by atoms with Gasteiger partial charge >= 0.3 is 0 Å². The summed E-state index contributed by atoms with van der Waals surface area (Å²) in [5.74, 6) is 0. The molecule has 616 valence electrons. The molecule has 0 spiro atoms. The molecule has 24 rings (SSSR count). The fourth-order valence-electron chi connectivity index (χ4n) is 19.0. The van der Waals surface area contributed by atoms with Gasteiger partial charge in [-0.2, -0.15) is 0 Å². The summed E-state index contributed by atoms with van der Waals surface area (Å²) in [6.45, 7) is 0.0550. The van der Waals surface area contributed by atoms with E-state index in [1.54, 1.807) is 0 Å². The molecule has 0 amide bonds. The van der Waals surface area contributed by atoms with Crippen LogP contribution in [-0.2, 0) is 13.2 Å². The fourth-order valence-corrected chi connectivity index (χ4v) is 20.3. The Morgan fingerprint density at radius 2 is 0.523 bits per heavy atom. The van der Waals surface area contributed by atoms with Crippen molar-refractivity contribution in [2.45, 2.75) is 13.2 Å². The van der Waals surface area contributed by atoms with Crippen LogP contribution in [0.1, 0.15) is 11.1 Å². The highest BCUT2D eigenvalue weighted by Crippen LogP contribution is 2.47. The lowest BCUT2D eigenvalue weighted by Crippen LogP contribution is -2.09. The van der Waals surface area contributed by atoms with Crippen molar-refractivity contribution in [3.63, 3.8) is 0 Å². The SMILES string of the molecule is OCc1ccc(-n2c3ccccc3c3cc(-c4ccc(N(c5ccc(-c6cccc(-c7ccccc7)c6)cc5)c5ccc(-c6cccc7c6oc6ccccc67)cc5)cc4)ccc32)cc1.OCc1ccc(-n2c3ccccc3c3cc(-c4ccc(N(c5ccc(-c6cccc(-c7ccccc7)c6)cc5)c5ccc(-c6cccc7c6sc6ccccc67)cc5)cc4)ccc32)cc1. The van der Waals surface area contributed by atoms with Gasteiger partial charge < -0.3 is 33.6 Å². The van der Waals surface area contributed by atoms with Crippen molar-refractivity contribution in [3.05, 3.63) is 484 Å². The van der Waals surface area contributed by atoms with Crippen LogP contribution in [0.15, 0.2) is 478 Å². The molecule has 0 unspecified atom stereocenters. The summed E-state index contributed by atoms with van der Waals surface area (Å²) in [6, 6.07) is 169. The van der Waals surface area contributed by atoms with Crippen LogP contribution in [0.25, 0.3) is 186 Å². The maximum Gasteiger partial charge on any atom is 0.143 e. The Kier molecular flexibility index (Phi) is 20.3. The van der Waals surface area contributed by atoms with Gasteiger partial charge in [0.2, 0.25) is 0 Å². The summed E-state index contributed by atoms with van der Waals surface area (Å²) >= 11 is 1.87. The van der Waals surface area contributed by atoms with Crippen LogP contribution in [0.4, 0.5) is 34.1 Å². The summed E-state index contributed by atoms with van der Waals surface area (Å²) in [5.41, 5.74) is 35.5. The summed E-state index contributed by atoms with van der Waals surface area (Å²) < 4.78 is 13.7. The zero-order chi connectivity index (χ0) is 86.5. The standard InChI is InChI=1S/C61H42N2O2.C61H42N2OS/c2*64-40-41-20-29-52(30-21-41)63-58-18-6-4-14-54(58)57-39-48(28-37-59(57)63)44-24-33-50(34-25-44)62(49-31-22-43(23-32-49)47-13-8-12-46(38-47)42-10-2-1-3-11-42)51-35-26-45(27-36-51)53-16-9-17-56-55-15-5-7-19-60(55)65-61(53)56/h2*1-39,64H,40H2. The van der Waals surface area contributed by atoms with E-state index in [9.17, 15) is 10.2 Å². The number of thiophene rings is 1. The number of aromatic nitrogens is 2. The minimum atomic E-state index is 0.0258. The van der Waals surface area contributed by atoms with E-state index in [0.717, 1.165) is 140 Å². The van der Waals surface area contributed by atoms with Gasteiger partial charge in [-0.1, -0.05) is 315 Å². The lowest BCUT2D eigenvalue weighted by molar-refractivity contribution is 0.281. The lowest BCUT2D eigenvalue weighted by atomic mass is 9.98. The molecule has 0 aliphatic heterocycles. The number of nitrogens with zero attached hydrogens (tertiary/aromatic N) is 4. The molecule has 4 aromatic heterocycles. The van der Waals surface area contributed by atoms with E-state index in [0.29, 0.717) is 0 Å². The van der Waals surface area contributed by atoms with E-state index < -0.39 is 0 Å². The van der Waals surface area contributed by atoms with Crippen LogP contribution in [0.3, 0.4) is 0 Å². The average molecular weight is 1690 g/mol. The molecule has 0 atom stereocenters. The third-order valence-electron chi connectivity index (χ3n) is 25.6. The number of hydrogen-bond donors (Lipinski definition) is 2. The molecule has 0 bridgehead atoms. The number of hydrogen-bond acceptors (Lipinski definition) is 6. The third kappa shape index (κ3) is 14.6. The number of aliphatic hydroxyl groups is 2. The van der Waals surface area contributed by atoms with Gasteiger partial charge in [0.1, 0.15) is 11.2 Å². The van der Waals surface area contributed by atoms with Crippen molar-refractivity contribution >= 4 is 131 Å². The van der Waals surface area contributed by atoms with Gasteiger partial charge in [-0.15, -0.1) is 11.3 Å². The maximum atomic E-state index is 9.68. The minimum absolute atomic E-state index is 0.0258. The molecule has 0 aliphatic carbocycles. The number of para-hydroxylation sites is 4. The zero-order valence-corrected chi connectivity index (χ0v) is 71.8. The lowest BCUT2D eigenvalue weighted by Gasteiger charge is -2.26. The monoisotopic (exact) mass is 1680 g/mol. The highest BCUT2D eigenvalue weighted by molar-refractivity contribution is 7.26. The number of fused-ring (bicyclic) bond motifs is 12. The zero-order valence-electron chi connectivity index (χ0n) is 70.9. The summed E-state index contributed by atoms with van der Waals surface area (Å²) in [4.78, 5) is 4.69. The van der Waals surface area contributed by atoms with Crippen LogP contribution in [0.2, 0.25) is 0 Å². The van der Waals surface area contributed by atoms with Gasteiger partial charge in [-0.05, 0) is 252 Å². The molecule has 4 heterocycles. The molecule has 8 heteroatoms. The van der Waals surface area contributed by atoms with Crippen molar-refractivity contribution in [3.8, 4) is 100 Å². The normalized spacial score (nSPS) is 11.5. The Morgan fingerprint density at radius 3 is 0.954 bits per heavy atom.